The number of alkyl halides is 2. The van der Waals surface area contributed by atoms with Gasteiger partial charge in [-0.2, -0.15) is 8.78 Å². The van der Waals surface area contributed by atoms with Crippen LogP contribution in [0.1, 0.15) is 5.56 Å². The van der Waals surface area contributed by atoms with Crippen molar-refractivity contribution in [3.8, 4) is 5.75 Å². The number of thiocarbonyl (C=S) groups is 1. The van der Waals surface area contributed by atoms with Gasteiger partial charge in [0.15, 0.2) is 0 Å². The Bertz CT molecular complexity index is 946. The molecule has 0 saturated carbocycles. The van der Waals surface area contributed by atoms with Crippen molar-refractivity contribution in [3.63, 3.8) is 0 Å². The second-order valence-electron chi connectivity index (χ2n) is 5.22. The van der Waals surface area contributed by atoms with Gasteiger partial charge in [0.05, 0.1) is 17.4 Å². The highest BCUT2D eigenvalue weighted by Crippen LogP contribution is 2.37. The van der Waals surface area contributed by atoms with Crippen LogP contribution in [-0.2, 0) is 9.59 Å². The molecule has 1 aliphatic heterocycles. The topological polar surface area (TPSA) is 69.7 Å². The molecule has 1 amide bonds. The summed E-state index contributed by atoms with van der Waals surface area (Å²) >= 11 is 5.90. The lowest BCUT2D eigenvalue weighted by molar-refractivity contribution is -0.305. The number of benzene rings is 2. The van der Waals surface area contributed by atoms with Gasteiger partial charge < -0.3 is 14.6 Å². The number of carboxylic acid groups (broad SMARTS) is 1. The summed E-state index contributed by atoms with van der Waals surface area (Å²) in [6.45, 7) is -3.70. The Labute approximate surface area is 156 Å². The fourth-order valence-corrected chi connectivity index (χ4v) is 3.76. The number of fused-ring (bicyclic) bond motifs is 1. The van der Waals surface area contributed by atoms with Crippen molar-refractivity contribution < 1.29 is 28.2 Å². The van der Waals surface area contributed by atoms with Crippen LogP contribution in [0.25, 0.3) is 16.8 Å². The highest BCUT2D eigenvalue weighted by atomic mass is 32.2. The summed E-state index contributed by atoms with van der Waals surface area (Å²) < 4.78 is 30.1. The van der Waals surface area contributed by atoms with Crippen molar-refractivity contribution in [2.24, 2.45) is 0 Å². The van der Waals surface area contributed by atoms with Gasteiger partial charge >= 0.3 is 6.61 Å². The minimum absolute atomic E-state index is 0.0574. The molecular weight excluding hydrogens is 384 g/mol. The maximum atomic E-state index is 12.7. The van der Waals surface area contributed by atoms with E-state index < -0.39 is 25.0 Å². The standard InChI is InChI=1S/C17H11F2NO4S2/c18-16(19)24-12-6-5-9-3-1-2-4-10(9)11(12)7-13-15(23)20(8-14(21)22)17(25)26-13/h1-7,16H,8H2,(H,21,22)/p-1/b13-7+. The molecule has 2 aromatic carbocycles. The second kappa shape index (κ2) is 7.38. The van der Waals surface area contributed by atoms with Gasteiger partial charge in [-0.05, 0) is 22.9 Å². The fourth-order valence-electron chi connectivity index (χ4n) is 2.52. The number of thioether (sulfide) groups is 1. The van der Waals surface area contributed by atoms with E-state index in [4.69, 9.17) is 12.2 Å². The maximum Gasteiger partial charge on any atom is 0.387 e. The third kappa shape index (κ3) is 3.68. The summed E-state index contributed by atoms with van der Waals surface area (Å²) in [5.74, 6) is -2.17. The first kappa shape index (κ1) is 18.3. The summed E-state index contributed by atoms with van der Waals surface area (Å²) in [6.07, 6.45) is 1.38. The molecule has 0 unspecified atom stereocenters. The van der Waals surface area contributed by atoms with Crippen LogP contribution >= 0.6 is 24.0 Å². The molecule has 0 radical (unpaired) electrons. The molecule has 0 aromatic heterocycles. The van der Waals surface area contributed by atoms with E-state index in [1.165, 1.54) is 12.1 Å². The molecule has 1 saturated heterocycles. The van der Waals surface area contributed by atoms with Gasteiger partial charge in [0, 0.05) is 5.56 Å². The molecule has 0 atom stereocenters. The van der Waals surface area contributed by atoms with Gasteiger partial charge in [-0.1, -0.05) is 54.3 Å². The molecule has 0 aliphatic carbocycles. The number of halogens is 2. The number of carbonyl (C=O) groups is 2. The Balaban J connectivity index is 2.09. The molecular formula is C17H10F2NO4S2-. The number of rotatable bonds is 5. The average molecular weight is 394 g/mol. The van der Waals surface area contributed by atoms with Crippen molar-refractivity contribution in [2.45, 2.75) is 6.61 Å². The predicted molar refractivity (Wildman–Crippen MR) is 95.5 cm³/mol. The minimum Gasteiger partial charge on any atom is -0.548 e. The van der Waals surface area contributed by atoms with Crippen LogP contribution in [0.15, 0.2) is 41.3 Å². The zero-order valence-electron chi connectivity index (χ0n) is 13.0. The van der Waals surface area contributed by atoms with Gasteiger partial charge in [0.1, 0.15) is 10.1 Å². The van der Waals surface area contributed by atoms with Crippen molar-refractivity contribution in [1.82, 2.24) is 4.90 Å². The number of carboxylic acids is 1. The van der Waals surface area contributed by atoms with Crippen LogP contribution in [0.5, 0.6) is 5.75 Å². The van der Waals surface area contributed by atoms with E-state index >= 15 is 0 Å². The van der Waals surface area contributed by atoms with Gasteiger partial charge in [0.25, 0.3) is 5.91 Å². The quantitative estimate of drug-likeness (QED) is 0.573. The Kier molecular flexibility index (Phi) is 5.19. The van der Waals surface area contributed by atoms with Crippen LogP contribution in [0, 0.1) is 0 Å². The summed E-state index contributed by atoms with van der Waals surface area (Å²) in [7, 11) is 0. The zero-order valence-corrected chi connectivity index (χ0v) is 14.6. The van der Waals surface area contributed by atoms with Gasteiger partial charge in [-0.15, -0.1) is 0 Å². The number of nitrogens with zero attached hydrogens (tertiary/aromatic N) is 1. The lowest BCUT2D eigenvalue weighted by Gasteiger charge is -2.14. The van der Waals surface area contributed by atoms with Crippen molar-refractivity contribution in [2.75, 3.05) is 6.54 Å². The summed E-state index contributed by atoms with van der Waals surface area (Å²) in [4.78, 5) is 24.2. The number of aliphatic carboxylic acids is 1. The van der Waals surface area contributed by atoms with E-state index in [1.807, 2.05) is 0 Å². The van der Waals surface area contributed by atoms with E-state index in [-0.39, 0.29) is 20.5 Å². The zero-order chi connectivity index (χ0) is 18.8. The largest absolute Gasteiger partial charge is 0.548 e. The molecule has 9 heteroatoms. The molecule has 2 aromatic rings. The lowest BCUT2D eigenvalue weighted by Crippen LogP contribution is -2.40. The van der Waals surface area contributed by atoms with Crippen molar-refractivity contribution >= 4 is 57.0 Å². The molecule has 1 fully saturated rings. The Morgan fingerprint density at radius 3 is 2.73 bits per heavy atom. The number of hydrogen-bond acceptors (Lipinski definition) is 6. The molecule has 0 N–H and O–H groups in total. The number of ether oxygens (including phenoxy) is 1. The first-order valence-corrected chi connectivity index (χ1v) is 8.51. The van der Waals surface area contributed by atoms with Crippen molar-refractivity contribution in [1.29, 1.82) is 0 Å². The van der Waals surface area contributed by atoms with Crippen molar-refractivity contribution in [3.05, 3.63) is 46.9 Å². The molecule has 134 valence electrons. The third-order valence-corrected chi connectivity index (χ3v) is 4.96. The molecule has 0 bridgehead atoms. The van der Waals surface area contributed by atoms with E-state index in [1.54, 1.807) is 30.3 Å². The van der Waals surface area contributed by atoms with Crippen LogP contribution < -0.4 is 9.84 Å². The van der Waals surface area contributed by atoms with Crippen LogP contribution in [-0.4, -0.2) is 34.3 Å². The Hall–Kier alpha value is -2.52. The van der Waals surface area contributed by atoms with Gasteiger partial charge in [-0.25, -0.2) is 0 Å². The van der Waals surface area contributed by atoms with Crippen LogP contribution in [0.4, 0.5) is 8.78 Å². The fraction of sp³-hybridized carbons (Fsp3) is 0.118. The number of hydrogen-bond donors (Lipinski definition) is 0. The Morgan fingerprint density at radius 2 is 2.04 bits per heavy atom. The predicted octanol–water partition coefficient (Wildman–Crippen LogP) is 2.39. The lowest BCUT2D eigenvalue weighted by atomic mass is 10.0. The molecule has 3 rings (SSSR count). The second-order valence-corrected chi connectivity index (χ2v) is 6.89. The number of amides is 1. The third-order valence-electron chi connectivity index (χ3n) is 3.58. The van der Waals surface area contributed by atoms with Crippen LogP contribution in [0.3, 0.4) is 0 Å². The van der Waals surface area contributed by atoms with E-state index in [9.17, 15) is 23.5 Å². The monoisotopic (exact) mass is 394 g/mol. The molecule has 1 aliphatic rings. The van der Waals surface area contributed by atoms with E-state index in [2.05, 4.69) is 4.74 Å². The van der Waals surface area contributed by atoms with E-state index in [0.717, 1.165) is 22.0 Å². The summed E-state index contributed by atoms with van der Waals surface area (Å²) in [6, 6.07) is 10.0. The highest BCUT2D eigenvalue weighted by molar-refractivity contribution is 8.26. The SMILES string of the molecule is O=C([O-])CN1C(=O)/C(=C\c2c(OC(F)F)ccc3ccccc23)SC1=S. The first-order valence-electron chi connectivity index (χ1n) is 7.28. The minimum atomic E-state index is -3.03. The Morgan fingerprint density at radius 1 is 1.31 bits per heavy atom. The van der Waals surface area contributed by atoms with Gasteiger partial charge in [0.2, 0.25) is 0 Å². The van der Waals surface area contributed by atoms with Crippen LogP contribution in [0.2, 0.25) is 0 Å². The first-order chi connectivity index (χ1) is 12.4. The smallest absolute Gasteiger partial charge is 0.387 e. The molecule has 26 heavy (non-hydrogen) atoms. The van der Waals surface area contributed by atoms with E-state index in [0.29, 0.717) is 5.39 Å². The molecule has 0 spiro atoms. The van der Waals surface area contributed by atoms with Gasteiger partial charge in [-0.3, -0.25) is 9.69 Å². The molecule has 1 heterocycles. The average Bonchev–Trinajstić information content (AvgIpc) is 2.83. The molecule has 5 nitrogen and oxygen atoms in total. The maximum absolute atomic E-state index is 12.7. The summed E-state index contributed by atoms with van der Waals surface area (Å²) in [5, 5.41) is 12.1. The number of carbonyl (C=O) groups excluding carboxylic acids is 2. The highest BCUT2D eigenvalue weighted by Gasteiger charge is 2.32. The summed E-state index contributed by atoms with van der Waals surface area (Å²) in [5.41, 5.74) is 0.289. The normalized spacial score (nSPS) is 16.1.